The molecule has 18 heavy (non-hydrogen) atoms. The summed E-state index contributed by atoms with van der Waals surface area (Å²) in [6.07, 6.45) is 3.22. The third kappa shape index (κ3) is 2.78. The van der Waals surface area contributed by atoms with Crippen LogP contribution in [-0.4, -0.2) is 18.3 Å². The molecule has 5 heteroatoms. The third-order valence-corrected chi connectivity index (χ3v) is 2.57. The maximum absolute atomic E-state index is 5.81. The number of aromatic nitrogens is 1. The highest BCUT2D eigenvalue weighted by atomic mass is 35.5. The molecule has 0 aliphatic carbocycles. The van der Waals surface area contributed by atoms with Crippen LogP contribution in [0.4, 0.5) is 11.4 Å². The van der Waals surface area contributed by atoms with Gasteiger partial charge in [-0.25, -0.2) is 4.98 Å². The number of benzene rings is 1. The summed E-state index contributed by atoms with van der Waals surface area (Å²) in [6, 6.07) is 9.06. The number of methoxy groups -OCH3 is 1. The van der Waals surface area contributed by atoms with Gasteiger partial charge in [0, 0.05) is 23.7 Å². The molecule has 2 N–H and O–H groups in total. The van der Waals surface area contributed by atoms with Crippen molar-refractivity contribution < 1.29 is 4.74 Å². The van der Waals surface area contributed by atoms with Gasteiger partial charge in [0.2, 0.25) is 0 Å². The van der Waals surface area contributed by atoms with Crippen LogP contribution in [0.1, 0.15) is 5.56 Å². The molecular weight excluding hydrogens is 250 g/mol. The van der Waals surface area contributed by atoms with Crippen LogP contribution in [0, 0.1) is 0 Å². The van der Waals surface area contributed by atoms with Gasteiger partial charge in [0.1, 0.15) is 16.6 Å². The molecule has 0 unspecified atom stereocenters. The van der Waals surface area contributed by atoms with Gasteiger partial charge < -0.3 is 10.5 Å². The zero-order valence-electron chi connectivity index (χ0n) is 9.80. The van der Waals surface area contributed by atoms with E-state index in [0.29, 0.717) is 22.2 Å². The van der Waals surface area contributed by atoms with Crippen LogP contribution in [0.3, 0.4) is 0 Å². The van der Waals surface area contributed by atoms with Gasteiger partial charge in [0.05, 0.1) is 7.11 Å². The fraction of sp³-hybridized carbons (Fsp3) is 0.0769. The second-order valence-electron chi connectivity index (χ2n) is 3.57. The molecule has 0 bridgehead atoms. The normalized spacial score (nSPS) is 10.8. The Morgan fingerprint density at radius 1 is 1.39 bits per heavy atom. The number of halogens is 1. The molecule has 0 amide bonds. The highest BCUT2D eigenvalue weighted by molar-refractivity contribution is 6.29. The molecule has 1 heterocycles. The molecular formula is C13H12ClN3O. The summed E-state index contributed by atoms with van der Waals surface area (Å²) in [5.74, 6) is 0.703. The van der Waals surface area contributed by atoms with Crippen molar-refractivity contribution in [2.45, 2.75) is 0 Å². The van der Waals surface area contributed by atoms with E-state index in [1.165, 1.54) is 0 Å². The fourth-order valence-electron chi connectivity index (χ4n) is 1.44. The lowest BCUT2D eigenvalue weighted by molar-refractivity contribution is 0.416. The van der Waals surface area contributed by atoms with Crippen molar-refractivity contribution >= 4 is 29.2 Å². The molecule has 4 nitrogen and oxygen atoms in total. The first kappa shape index (κ1) is 12.4. The van der Waals surface area contributed by atoms with Crippen molar-refractivity contribution in [3.8, 4) is 5.75 Å². The number of nitrogens with zero attached hydrogens (tertiary/aromatic N) is 2. The predicted molar refractivity (Wildman–Crippen MR) is 73.9 cm³/mol. The van der Waals surface area contributed by atoms with Crippen molar-refractivity contribution in [1.82, 2.24) is 4.98 Å². The number of rotatable bonds is 3. The number of pyridine rings is 1. The molecule has 1 aromatic carbocycles. The maximum atomic E-state index is 5.81. The van der Waals surface area contributed by atoms with E-state index in [1.807, 2.05) is 24.3 Å². The van der Waals surface area contributed by atoms with Crippen molar-refractivity contribution in [2.75, 3.05) is 12.8 Å². The molecule has 0 saturated carbocycles. The first-order chi connectivity index (χ1) is 8.70. The van der Waals surface area contributed by atoms with Gasteiger partial charge in [-0.2, -0.15) is 0 Å². The van der Waals surface area contributed by atoms with Gasteiger partial charge in [-0.15, -0.1) is 0 Å². The number of hydrogen-bond acceptors (Lipinski definition) is 4. The summed E-state index contributed by atoms with van der Waals surface area (Å²) in [5, 5.41) is 0.363. The Bertz CT molecular complexity index is 584. The van der Waals surface area contributed by atoms with Gasteiger partial charge >= 0.3 is 0 Å². The maximum Gasteiger partial charge on any atom is 0.144 e. The second kappa shape index (κ2) is 5.51. The lowest BCUT2D eigenvalue weighted by Crippen LogP contribution is -1.94. The smallest absolute Gasteiger partial charge is 0.144 e. The summed E-state index contributed by atoms with van der Waals surface area (Å²) < 4.78 is 5.20. The molecule has 0 saturated heterocycles. The summed E-state index contributed by atoms with van der Waals surface area (Å²) in [7, 11) is 1.60. The molecule has 0 radical (unpaired) electrons. The SMILES string of the molecule is COc1ccccc1N=Cc1cnc(Cl)cc1N. The van der Waals surface area contributed by atoms with Crippen molar-refractivity contribution in [1.29, 1.82) is 0 Å². The minimum atomic E-state index is 0.363. The minimum absolute atomic E-state index is 0.363. The van der Waals surface area contributed by atoms with Crippen LogP contribution < -0.4 is 10.5 Å². The predicted octanol–water partition coefficient (Wildman–Crippen LogP) is 3.08. The fourth-order valence-corrected chi connectivity index (χ4v) is 1.60. The first-order valence-electron chi connectivity index (χ1n) is 5.29. The van der Waals surface area contributed by atoms with Crippen LogP contribution in [0.2, 0.25) is 5.15 Å². The lowest BCUT2D eigenvalue weighted by Gasteiger charge is -2.03. The van der Waals surface area contributed by atoms with Crippen molar-refractivity contribution in [3.05, 3.63) is 47.2 Å². The quantitative estimate of drug-likeness (QED) is 0.682. The third-order valence-electron chi connectivity index (χ3n) is 2.36. The van der Waals surface area contributed by atoms with Gasteiger partial charge in [0.25, 0.3) is 0 Å². The van der Waals surface area contributed by atoms with E-state index in [-0.39, 0.29) is 0 Å². The van der Waals surface area contributed by atoms with Gasteiger partial charge in [0.15, 0.2) is 0 Å². The summed E-state index contributed by atoms with van der Waals surface area (Å²) in [6.45, 7) is 0. The average molecular weight is 262 g/mol. The number of para-hydroxylation sites is 2. The topological polar surface area (TPSA) is 60.5 Å². The highest BCUT2D eigenvalue weighted by Crippen LogP contribution is 2.26. The number of nitrogens with two attached hydrogens (primary N) is 1. The Labute approximate surface area is 110 Å². The molecule has 2 rings (SSSR count). The van der Waals surface area contributed by atoms with Gasteiger partial charge in [-0.3, -0.25) is 4.99 Å². The van der Waals surface area contributed by atoms with E-state index in [4.69, 9.17) is 22.1 Å². The number of anilines is 1. The van der Waals surface area contributed by atoms with E-state index in [9.17, 15) is 0 Å². The van der Waals surface area contributed by atoms with E-state index >= 15 is 0 Å². The van der Waals surface area contributed by atoms with Crippen molar-refractivity contribution in [2.24, 2.45) is 4.99 Å². The molecule has 0 aliphatic heterocycles. The minimum Gasteiger partial charge on any atom is -0.494 e. The Hall–Kier alpha value is -2.07. The van der Waals surface area contributed by atoms with E-state index in [1.54, 1.807) is 25.6 Å². The zero-order chi connectivity index (χ0) is 13.0. The van der Waals surface area contributed by atoms with E-state index in [0.717, 1.165) is 5.69 Å². The molecule has 0 aliphatic rings. The molecule has 92 valence electrons. The summed E-state index contributed by atoms with van der Waals surface area (Å²) in [4.78, 5) is 8.28. The molecule has 0 fully saturated rings. The van der Waals surface area contributed by atoms with Crippen LogP contribution in [0.25, 0.3) is 0 Å². The lowest BCUT2D eigenvalue weighted by atomic mass is 10.2. The van der Waals surface area contributed by atoms with Gasteiger partial charge in [-0.05, 0) is 18.2 Å². The largest absolute Gasteiger partial charge is 0.494 e. The Kier molecular flexibility index (Phi) is 3.79. The van der Waals surface area contributed by atoms with Crippen LogP contribution in [0.5, 0.6) is 5.75 Å². The second-order valence-corrected chi connectivity index (χ2v) is 3.95. The molecule has 0 spiro atoms. The Balaban J connectivity index is 2.30. The number of nitrogen functional groups attached to an aromatic ring is 1. The van der Waals surface area contributed by atoms with Crippen LogP contribution >= 0.6 is 11.6 Å². The summed E-state index contributed by atoms with van der Waals surface area (Å²) in [5.41, 5.74) is 7.79. The van der Waals surface area contributed by atoms with Crippen LogP contribution in [0.15, 0.2) is 41.5 Å². The van der Waals surface area contributed by atoms with Gasteiger partial charge in [-0.1, -0.05) is 23.7 Å². The van der Waals surface area contributed by atoms with E-state index in [2.05, 4.69) is 9.98 Å². The zero-order valence-corrected chi connectivity index (χ0v) is 10.6. The number of aliphatic imine (C=N–C) groups is 1. The number of ether oxygens (including phenoxy) is 1. The monoisotopic (exact) mass is 261 g/mol. The molecule has 1 aromatic heterocycles. The highest BCUT2D eigenvalue weighted by Gasteiger charge is 2.00. The molecule has 0 atom stereocenters. The molecule has 2 aromatic rings. The van der Waals surface area contributed by atoms with Crippen LogP contribution in [-0.2, 0) is 0 Å². The average Bonchev–Trinajstić information content (AvgIpc) is 2.38. The van der Waals surface area contributed by atoms with E-state index < -0.39 is 0 Å². The van der Waals surface area contributed by atoms with Crippen molar-refractivity contribution in [3.63, 3.8) is 0 Å². The summed E-state index contributed by atoms with van der Waals surface area (Å²) >= 11 is 5.73. The number of hydrogen-bond donors (Lipinski definition) is 1. The first-order valence-corrected chi connectivity index (χ1v) is 5.66. The Morgan fingerprint density at radius 3 is 2.89 bits per heavy atom. The standard InChI is InChI=1S/C13H12ClN3O/c1-18-12-5-3-2-4-11(12)16-7-9-8-17-13(14)6-10(9)15/h2-8H,1H3,(H2,15,17). The Morgan fingerprint density at radius 2 is 2.17 bits per heavy atom.